The monoisotopic (exact) mass is 248 g/mol. The van der Waals surface area contributed by atoms with Gasteiger partial charge < -0.3 is 0 Å². The van der Waals surface area contributed by atoms with Crippen LogP contribution in [0.5, 0.6) is 0 Å². The number of nitrogens with one attached hydrogen (secondary N) is 1. The molecular weight excluding hydrogens is 231 g/mol. The summed E-state index contributed by atoms with van der Waals surface area (Å²) in [5.41, 5.74) is 0. The van der Waals surface area contributed by atoms with Gasteiger partial charge in [0.2, 0.25) is 0 Å². The minimum absolute atomic E-state index is 0. The number of nitrogens with zero attached hydrogens (tertiary/aromatic N) is 1. The van der Waals surface area contributed by atoms with Crippen LogP contribution in [0.15, 0.2) is 0 Å². The molecule has 0 atom stereocenters. The molecule has 0 aromatic carbocycles. The molecule has 0 amide bonds. The molecule has 0 aliphatic carbocycles. The Balaban J connectivity index is 0. The van der Waals surface area contributed by atoms with E-state index in [1.54, 1.807) is 0 Å². The van der Waals surface area contributed by atoms with Gasteiger partial charge in [-0.25, -0.2) is 0 Å². The van der Waals surface area contributed by atoms with E-state index in [2.05, 4.69) is 13.9 Å². The first kappa shape index (κ1) is 15.7. The quantitative estimate of drug-likeness (QED) is 0.709. The SMILES string of the molecule is Cl.Cl.[CH3][Ti][N]1CCCNCCC1. The van der Waals surface area contributed by atoms with E-state index >= 15 is 0 Å². The van der Waals surface area contributed by atoms with Gasteiger partial charge in [-0.3, -0.25) is 0 Å². The van der Waals surface area contributed by atoms with Gasteiger partial charge in [0.15, 0.2) is 0 Å². The first-order valence-electron chi connectivity index (χ1n) is 4.06. The third-order valence-corrected chi connectivity index (χ3v) is 3.57. The Morgan fingerprint density at radius 3 is 2.00 bits per heavy atom. The van der Waals surface area contributed by atoms with Crippen LogP contribution >= 0.6 is 24.8 Å². The van der Waals surface area contributed by atoms with Crippen molar-refractivity contribution in [3.8, 4) is 0 Å². The van der Waals surface area contributed by atoms with Crippen LogP contribution in [0.4, 0.5) is 0 Å². The third kappa shape index (κ3) is 6.70. The van der Waals surface area contributed by atoms with E-state index in [-0.39, 0.29) is 44.2 Å². The fraction of sp³-hybridized carbons (Fsp3) is 1.00. The summed E-state index contributed by atoms with van der Waals surface area (Å²) in [7, 11) is 0. The van der Waals surface area contributed by atoms with Gasteiger partial charge in [-0.05, 0) is 0 Å². The van der Waals surface area contributed by atoms with Crippen LogP contribution in [-0.4, -0.2) is 29.6 Å². The minimum atomic E-state index is 0. The average molecular weight is 249 g/mol. The maximum absolute atomic E-state index is 3.42. The van der Waals surface area contributed by atoms with Crippen molar-refractivity contribution in [1.29, 1.82) is 0 Å². The first-order chi connectivity index (χ1) is 4.93. The number of halogens is 2. The Hall–Kier alpha value is 1.21. The summed E-state index contributed by atoms with van der Waals surface area (Å²) in [4.78, 5) is 0. The summed E-state index contributed by atoms with van der Waals surface area (Å²) in [6.45, 7) is 5.12. The predicted octanol–water partition coefficient (Wildman–Crippen LogP) is 1.56. The zero-order valence-corrected chi connectivity index (χ0v) is 10.7. The average Bonchev–Trinajstić information content (AvgIpc) is 1.87. The van der Waals surface area contributed by atoms with Crippen molar-refractivity contribution in [1.82, 2.24) is 8.70 Å². The van der Waals surface area contributed by atoms with Gasteiger partial charge in [-0.15, -0.1) is 24.8 Å². The van der Waals surface area contributed by atoms with E-state index in [4.69, 9.17) is 0 Å². The van der Waals surface area contributed by atoms with E-state index in [1.165, 1.54) is 39.0 Å². The molecule has 1 aliphatic rings. The molecular formula is C7H18Cl2N2Ti. The van der Waals surface area contributed by atoms with Gasteiger partial charge in [-0.1, -0.05) is 0 Å². The van der Waals surface area contributed by atoms with E-state index in [9.17, 15) is 0 Å². The molecule has 74 valence electrons. The predicted molar refractivity (Wildman–Crippen MR) is 54.0 cm³/mol. The zero-order chi connectivity index (χ0) is 7.23. The summed E-state index contributed by atoms with van der Waals surface area (Å²) in [6, 6.07) is 0. The molecule has 12 heavy (non-hydrogen) atoms. The van der Waals surface area contributed by atoms with Crippen molar-refractivity contribution < 1.29 is 19.4 Å². The van der Waals surface area contributed by atoms with E-state index in [0.29, 0.717) is 0 Å². The summed E-state index contributed by atoms with van der Waals surface area (Å²) in [5, 5.41) is 5.79. The molecule has 1 heterocycles. The molecule has 1 fully saturated rings. The van der Waals surface area contributed by atoms with Gasteiger partial charge in [0.1, 0.15) is 0 Å². The van der Waals surface area contributed by atoms with E-state index in [1.807, 2.05) is 0 Å². The molecule has 0 saturated carbocycles. The fourth-order valence-electron chi connectivity index (χ4n) is 1.25. The van der Waals surface area contributed by atoms with Crippen molar-refractivity contribution in [2.45, 2.75) is 18.1 Å². The van der Waals surface area contributed by atoms with Crippen LogP contribution in [0, 0.1) is 0 Å². The van der Waals surface area contributed by atoms with Crippen molar-refractivity contribution in [2.75, 3.05) is 26.2 Å². The standard InChI is InChI=1S/C6H13N2.CH3.2ClH.Ti/c1-3-7-5-2-6-8-4-1;;;;/h7H,1-6H2;1H3;2*1H;/q-1;;;;+1. The molecule has 0 spiro atoms. The van der Waals surface area contributed by atoms with Crippen LogP contribution in [-0.2, 0) is 19.4 Å². The summed E-state index contributed by atoms with van der Waals surface area (Å²) in [6.07, 6.45) is 2.69. The van der Waals surface area contributed by atoms with Gasteiger partial charge >= 0.3 is 72.4 Å². The number of hydrogen-bond donors (Lipinski definition) is 1. The molecule has 1 N–H and O–H groups in total. The molecule has 1 aliphatic heterocycles. The Morgan fingerprint density at radius 1 is 1.08 bits per heavy atom. The normalized spacial score (nSPS) is 19.4. The van der Waals surface area contributed by atoms with Crippen molar-refractivity contribution >= 4 is 24.8 Å². The second-order valence-corrected chi connectivity index (χ2v) is 4.35. The fourth-order valence-corrected chi connectivity index (χ4v) is 2.44. The zero-order valence-electron chi connectivity index (χ0n) is 7.51. The molecule has 0 bridgehead atoms. The second-order valence-electron chi connectivity index (χ2n) is 2.67. The van der Waals surface area contributed by atoms with Gasteiger partial charge in [0, 0.05) is 0 Å². The van der Waals surface area contributed by atoms with Crippen molar-refractivity contribution in [3.63, 3.8) is 0 Å². The Labute approximate surface area is 96.9 Å². The number of rotatable bonds is 1. The Kier molecular flexibility index (Phi) is 13.5. The number of hydrogen-bond acceptors (Lipinski definition) is 2. The molecule has 0 aromatic heterocycles. The van der Waals surface area contributed by atoms with Crippen molar-refractivity contribution in [2.24, 2.45) is 0 Å². The molecule has 5 heteroatoms. The van der Waals surface area contributed by atoms with Gasteiger partial charge in [0.25, 0.3) is 0 Å². The summed E-state index contributed by atoms with van der Waals surface area (Å²) >= 11 is 0.245. The van der Waals surface area contributed by atoms with Crippen LogP contribution < -0.4 is 5.32 Å². The third-order valence-electron chi connectivity index (χ3n) is 1.88. The summed E-state index contributed by atoms with van der Waals surface area (Å²) in [5.74, 6) is 0. The molecule has 1 saturated heterocycles. The molecule has 0 unspecified atom stereocenters. The molecule has 0 aromatic rings. The van der Waals surface area contributed by atoms with Crippen LogP contribution in [0.3, 0.4) is 0 Å². The van der Waals surface area contributed by atoms with E-state index < -0.39 is 0 Å². The Bertz CT molecular complexity index is 87.5. The van der Waals surface area contributed by atoms with E-state index in [0.717, 1.165) is 0 Å². The molecule has 2 nitrogen and oxygen atoms in total. The Morgan fingerprint density at radius 2 is 1.58 bits per heavy atom. The molecule has 1 rings (SSSR count). The maximum atomic E-state index is 3.42. The van der Waals surface area contributed by atoms with Crippen LogP contribution in [0.2, 0.25) is 5.23 Å². The van der Waals surface area contributed by atoms with Crippen LogP contribution in [0.1, 0.15) is 12.8 Å². The summed E-state index contributed by atoms with van der Waals surface area (Å²) < 4.78 is 2.65. The van der Waals surface area contributed by atoms with Crippen molar-refractivity contribution in [3.05, 3.63) is 0 Å². The second kappa shape index (κ2) is 10.3. The first-order valence-corrected chi connectivity index (χ1v) is 6.32. The molecule has 0 radical (unpaired) electrons. The van der Waals surface area contributed by atoms with Gasteiger partial charge in [0.05, 0.1) is 0 Å². The topological polar surface area (TPSA) is 15.3 Å². The van der Waals surface area contributed by atoms with Gasteiger partial charge in [-0.2, -0.15) is 0 Å². The van der Waals surface area contributed by atoms with Crippen LogP contribution in [0.25, 0.3) is 0 Å².